The Hall–Kier alpha value is -4.94. The Kier molecular flexibility index (Phi) is 10.3. The molecule has 2 saturated carbocycles. The van der Waals surface area contributed by atoms with Crippen LogP contribution in [0, 0.1) is 11.8 Å². The van der Waals surface area contributed by atoms with E-state index in [1.54, 1.807) is 0 Å². The van der Waals surface area contributed by atoms with E-state index in [-0.39, 0.29) is 12.0 Å². The van der Waals surface area contributed by atoms with Crippen LogP contribution in [-0.4, -0.2) is 79.3 Å². The summed E-state index contributed by atoms with van der Waals surface area (Å²) in [5.74, 6) is 2.58. The lowest BCUT2D eigenvalue weighted by Crippen LogP contribution is -2.34. The summed E-state index contributed by atoms with van der Waals surface area (Å²) in [4.78, 5) is 23.6. The van der Waals surface area contributed by atoms with Gasteiger partial charge in [-0.3, -0.25) is 0 Å². The zero-order valence-electron chi connectivity index (χ0n) is 32.1. The van der Waals surface area contributed by atoms with Crippen molar-refractivity contribution in [2.45, 2.75) is 89.4 Å². The van der Waals surface area contributed by atoms with Crippen LogP contribution in [0.1, 0.15) is 69.8 Å². The van der Waals surface area contributed by atoms with Crippen LogP contribution < -0.4 is 21.3 Å². The summed E-state index contributed by atoms with van der Waals surface area (Å²) < 4.78 is 4.24. The first-order chi connectivity index (χ1) is 26.2. The maximum Gasteiger partial charge on any atom is 0.227 e. The third kappa shape index (κ3) is 7.29. The Morgan fingerprint density at radius 3 is 1.93 bits per heavy atom. The SMILES string of the molecule is CCCN(C)c1ncc2c(-c3ccc(C4CC(N)CCC4Cn4nc(-c5ccccc5)c5cnc(N(C)C)nc54)cc3)nn(CC3CCC(N)CC3)c2n1. The molecule has 3 unspecified atom stereocenters. The molecule has 54 heavy (non-hydrogen) atoms. The fourth-order valence-electron chi connectivity index (χ4n) is 8.63. The molecule has 0 amide bonds. The van der Waals surface area contributed by atoms with Gasteiger partial charge in [0.2, 0.25) is 11.9 Å². The predicted octanol–water partition coefficient (Wildman–Crippen LogP) is 6.64. The number of aromatic nitrogens is 8. The highest BCUT2D eigenvalue weighted by Gasteiger charge is 2.32. The standard InChI is InChI=1S/C42H54N12/c1-5-21-52(4)42-46-24-36-38(49-53(40(36)48-42)25-27-11-18-32(43)19-12-27)30-15-13-28(14-16-30)34-22-33(44)20-17-31(34)26-54-39-35(23-45-41(47-39)51(2)3)37(50-54)29-9-7-6-8-10-29/h6-10,13-16,23-24,27,31-34H,5,11-12,17-22,25-26,43-44H2,1-4H3. The number of hydrogen-bond donors (Lipinski definition) is 2. The van der Waals surface area contributed by atoms with Crippen LogP contribution in [0.5, 0.6) is 0 Å². The number of anilines is 2. The minimum atomic E-state index is 0.161. The smallest absolute Gasteiger partial charge is 0.227 e. The molecule has 282 valence electrons. The van der Waals surface area contributed by atoms with Gasteiger partial charge in [0.05, 0.1) is 10.8 Å². The summed E-state index contributed by atoms with van der Waals surface area (Å²) in [5.41, 5.74) is 20.0. The van der Waals surface area contributed by atoms with Gasteiger partial charge in [-0.2, -0.15) is 20.2 Å². The minimum Gasteiger partial charge on any atom is -0.347 e. The predicted molar refractivity (Wildman–Crippen MR) is 217 cm³/mol. The fraction of sp³-hybridized carbons (Fsp3) is 0.476. The van der Waals surface area contributed by atoms with Crippen molar-refractivity contribution in [2.75, 3.05) is 37.5 Å². The maximum atomic E-state index is 6.68. The van der Waals surface area contributed by atoms with Crippen molar-refractivity contribution in [1.82, 2.24) is 39.5 Å². The number of benzene rings is 2. The van der Waals surface area contributed by atoms with Crippen LogP contribution in [0.2, 0.25) is 0 Å². The summed E-state index contributed by atoms with van der Waals surface area (Å²) >= 11 is 0. The van der Waals surface area contributed by atoms with E-state index < -0.39 is 0 Å². The second-order valence-electron chi connectivity index (χ2n) is 15.9. The zero-order valence-corrected chi connectivity index (χ0v) is 32.1. The van der Waals surface area contributed by atoms with Gasteiger partial charge in [0, 0.05) is 76.4 Å². The lowest BCUT2D eigenvalue weighted by Gasteiger charge is -2.35. The molecule has 0 saturated heterocycles. The van der Waals surface area contributed by atoms with E-state index in [0.717, 1.165) is 122 Å². The molecule has 12 heteroatoms. The normalized spacial score (nSPS) is 21.9. The van der Waals surface area contributed by atoms with E-state index in [1.807, 2.05) is 49.6 Å². The van der Waals surface area contributed by atoms with Crippen molar-refractivity contribution >= 4 is 34.0 Å². The van der Waals surface area contributed by atoms with Crippen LogP contribution in [0.4, 0.5) is 11.9 Å². The molecule has 2 aliphatic rings. The molecule has 2 aromatic carbocycles. The van der Waals surface area contributed by atoms with Gasteiger partial charge >= 0.3 is 0 Å². The Morgan fingerprint density at radius 1 is 0.685 bits per heavy atom. The third-order valence-corrected chi connectivity index (χ3v) is 11.7. The molecule has 8 rings (SSSR count). The quantitative estimate of drug-likeness (QED) is 0.149. The van der Waals surface area contributed by atoms with Crippen LogP contribution in [-0.2, 0) is 13.1 Å². The Morgan fingerprint density at radius 2 is 1.28 bits per heavy atom. The second-order valence-corrected chi connectivity index (χ2v) is 15.9. The van der Waals surface area contributed by atoms with Crippen LogP contribution in [0.15, 0.2) is 67.0 Å². The molecule has 0 spiro atoms. The first-order valence-corrected chi connectivity index (χ1v) is 19.8. The number of nitrogens with two attached hydrogens (primary N) is 2. The second kappa shape index (κ2) is 15.4. The summed E-state index contributed by atoms with van der Waals surface area (Å²) in [6, 6.07) is 19.8. The highest BCUT2D eigenvalue weighted by Crippen LogP contribution is 2.40. The van der Waals surface area contributed by atoms with Crippen molar-refractivity contribution in [3.05, 3.63) is 72.6 Å². The van der Waals surface area contributed by atoms with Gasteiger partial charge in [-0.05, 0) is 74.7 Å². The molecule has 4 aromatic heterocycles. The third-order valence-electron chi connectivity index (χ3n) is 11.7. The van der Waals surface area contributed by atoms with Gasteiger partial charge in [-0.25, -0.2) is 19.3 Å². The minimum absolute atomic E-state index is 0.161. The Balaban J connectivity index is 1.11. The van der Waals surface area contributed by atoms with Crippen LogP contribution >= 0.6 is 0 Å². The monoisotopic (exact) mass is 726 g/mol. The number of fused-ring (bicyclic) bond motifs is 2. The van der Waals surface area contributed by atoms with Crippen molar-refractivity contribution < 1.29 is 0 Å². The summed E-state index contributed by atoms with van der Waals surface area (Å²) in [6.45, 7) is 4.66. The maximum absolute atomic E-state index is 6.68. The summed E-state index contributed by atoms with van der Waals surface area (Å²) in [6.07, 6.45) is 12.2. The van der Waals surface area contributed by atoms with Gasteiger partial charge in [0.1, 0.15) is 11.4 Å². The zero-order chi connectivity index (χ0) is 37.3. The van der Waals surface area contributed by atoms with Crippen molar-refractivity contribution in [3.63, 3.8) is 0 Å². The number of nitrogens with zero attached hydrogens (tertiary/aromatic N) is 10. The molecule has 0 bridgehead atoms. The lowest BCUT2D eigenvalue weighted by molar-refractivity contribution is 0.248. The van der Waals surface area contributed by atoms with Crippen LogP contribution in [0.25, 0.3) is 44.6 Å². The molecule has 2 fully saturated rings. The lowest BCUT2D eigenvalue weighted by atomic mass is 9.73. The topological polar surface area (TPSA) is 146 Å². The fourth-order valence-corrected chi connectivity index (χ4v) is 8.63. The highest BCUT2D eigenvalue weighted by molar-refractivity contribution is 5.92. The molecule has 4 heterocycles. The Labute approximate surface area is 318 Å². The molecule has 3 atom stereocenters. The van der Waals surface area contributed by atoms with E-state index in [0.29, 0.717) is 23.8 Å². The summed E-state index contributed by atoms with van der Waals surface area (Å²) in [5, 5.41) is 12.4. The van der Waals surface area contributed by atoms with E-state index in [4.69, 9.17) is 36.6 Å². The summed E-state index contributed by atoms with van der Waals surface area (Å²) in [7, 11) is 6.00. The molecule has 4 N–H and O–H groups in total. The molecule has 6 aromatic rings. The molecular formula is C42H54N12. The molecule has 12 nitrogen and oxygen atoms in total. The van der Waals surface area contributed by atoms with E-state index in [2.05, 4.69) is 69.6 Å². The van der Waals surface area contributed by atoms with Gasteiger partial charge in [0.15, 0.2) is 11.3 Å². The molecular weight excluding hydrogens is 673 g/mol. The molecule has 0 radical (unpaired) electrons. The number of rotatable bonds is 11. The van der Waals surface area contributed by atoms with E-state index in [9.17, 15) is 0 Å². The van der Waals surface area contributed by atoms with Gasteiger partial charge in [-0.1, -0.05) is 61.5 Å². The van der Waals surface area contributed by atoms with Crippen LogP contribution in [0.3, 0.4) is 0 Å². The average molecular weight is 727 g/mol. The van der Waals surface area contributed by atoms with Crippen molar-refractivity contribution in [1.29, 1.82) is 0 Å². The number of hydrogen-bond acceptors (Lipinski definition) is 10. The molecule has 0 aliphatic heterocycles. The van der Waals surface area contributed by atoms with E-state index in [1.165, 1.54) is 5.56 Å². The van der Waals surface area contributed by atoms with Crippen molar-refractivity contribution in [3.8, 4) is 22.5 Å². The van der Waals surface area contributed by atoms with Gasteiger partial charge in [-0.15, -0.1) is 0 Å². The van der Waals surface area contributed by atoms with E-state index >= 15 is 0 Å². The first-order valence-electron chi connectivity index (χ1n) is 19.8. The van der Waals surface area contributed by atoms with Gasteiger partial charge < -0.3 is 21.3 Å². The van der Waals surface area contributed by atoms with Crippen molar-refractivity contribution in [2.24, 2.45) is 23.3 Å². The molecule has 2 aliphatic carbocycles. The largest absolute Gasteiger partial charge is 0.347 e. The van der Waals surface area contributed by atoms with Gasteiger partial charge in [0.25, 0.3) is 0 Å². The first kappa shape index (κ1) is 36.1. The average Bonchev–Trinajstić information content (AvgIpc) is 3.74. The highest BCUT2D eigenvalue weighted by atomic mass is 15.3. The Bertz CT molecular complexity index is 2180.